The van der Waals surface area contributed by atoms with E-state index < -0.39 is 0 Å². The van der Waals surface area contributed by atoms with Crippen molar-refractivity contribution in [2.24, 2.45) is 0 Å². The molecular formula is C13H9BrN2O. The third kappa shape index (κ3) is 1.80. The molecule has 0 radical (unpaired) electrons. The SMILES string of the molecule is Oc1ccc(-c2cc(Br)c3ccnn3c2)cc1. The van der Waals surface area contributed by atoms with Crippen LogP contribution in [0.2, 0.25) is 0 Å². The van der Waals surface area contributed by atoms with Crippen LogP contribution in [-0.4, -0.2) is 14.7 Å². The lowest BCUT2D eigenvalue weighted by atomic mass is 10.1. The highest BCUT2D eigenvalue weighted by molar-refractivity contribution is 9.10. The summed E-state index contributed by atoms with van der Waals surface area (Å²) in [5.74, 6) is 0.271. The fraction of sp³-hybridized carbons (Fsp3) is 0. The van der Waals surface area contributed by atoms with Gasteiger partial charge in [0, 0.05) is 16.2 Å². The number of aromatic hydroxyl groups is 1. The third-order valence-corrected chi connectivity index (χ3v) is 3.29. The summed E-state index contributed by atoms with van der Waals surface area (Å²) in [5, 5.41) is 13.5. The largest absolute Gasteiger partial charge is 0.508 e. The van der Waals surface area contributed by atoms with Gasteiger partial charge in [-0.3, -0.25) is 0 Å². The molecule has 17 heavy (non-hydrogen) atoms. The fourth-order valence-electron chi connectivity index (χ4n) is 1.80. The number of benzene rings is 1. The van der Waals surface area contributed by atoms with Crippen molar-refractivity contribution in [1.29, 1.82) is 0 Å². The van der Waals surface area contributed by atoms with Gasteiger partial charge in [0.15, 0.2) is 0 Å². The number of phenols is 1. The lowest BCUT2D eigenvalue weighted by molar-refractivity contribution is 0.475. The zero-order valence-corrected chi connectivity index (χ0v) is 10.4. The summed E-state index contributed by atoms with van der Waals surface area (Å²) in [6.07, 6.45) is 3.73. The standard InChI is InChI=1S/C13H9BrN2O/c14-12-7-10(8-16-13(12)5-6-15-16)9-1-3-11(17)4-2-9/h1-8,17H. The molecule has 0 aliphatic carbocycles. The summed E-state index contributed by atoms with van der Waals surface area (Å²) >= 11 is 3.53. The highest BCUT2D eigenvalue weighted by atomic mass is 79.9. The first-order valence-electron chi connectivity index (χ1n) is 5.16. The molecule has 0 saturated carbocycles. The minimum atomic E-state index is 0.271. The summed E-state index contributed by atoms with van der Waals surface area (Å²) < 4.78 is 2.83. The lowest BCUT2D eigenvalue weighted by Crippen LogP contribution is -1.89. The molecule has 84 valence electrons. The Morgan fingerprint density at radius 3 is 2.59 bits per heavy atom. The first kappa shape index (κ1) is 10.4. The number of pyridine rings is 1. The Morgan fingerprint density at radius 2 is 1.82 bits per heavy atom. The van der Waals surface area contributed by atoms with Crippen molar-refractivity contribution in [2.45, 2.75) is 0 Å². The van der Waals surface area contributed by atoms with Crippen molar-refractivity contribution in [1.82, 2.24) is 9.61 Å². The highest BCUT2D eigenvalue weighted by Crippen LogP contribution is 2.27. The predicted molar refractivity (Wildman–Crippen MR) is 70.0 cm³/mol. The Kier molecular flexibility index (Phi) is 2.37. The molecule has 0 saturated heterocycles. The fourth-order valence-corrected chi connectivity index (χ4v) is 2.36. The van der Waals surface area contributed by atoms with Gasteiger partial charge in [-0.25, -0.2) is 4.52 Å². The molecule has 3 nitrogen and oxygen atoms in total. The van der Waals surface area contributed by atoms with Crippen molar-refractivity contribution in [3.05, 3.63) is 53.3 Å². The van der Waals surface area contributed by atoms with E-state index in [0.29, 0.717) is 0 Å². The first-order valence-corrected chi connectivity index (χ1v) is 5.95. The Morgan fingerprint density at radius 1 is 1.06 bits per heavy atom. The second-order valence-electron chi connectivity index (χ2n) is 3.78. The normalized spacial score (nSPS) is 10.9. The molecule has 0 fully saturated rings. The minimum absolute atomic E-state index is 0.271. The molecule has 0 unspecified atom stereocenters. The molecule has 3 aromatic rings. The van der Waals surface area contributed by atoms with Crippen LogP contribution in [0, 0.1) is 0 Å². The molecule has 0 spiro atoms. The quantitative estimate of drug-likeness (QED) is 0.744. The van der Waals surface area contributed by atoms with Crippen LogP contribution in [0.15, 0.2) is 53.3 Å². The van der Waals surface area contributed by atoms with Crippen LogP contribution in [0.5, 0.6) is 5.75 Å². The molecule has 1 aromatic carbocycles. The van der Waals surface area contributed by atoms with Crippen LogP contribution < -0.4 is 0 Å². The van der Waals surface area contributed by atoms with Gasteiger partial charge >= 0.3 is 0 Å². The Balaban J connectivity index is 2.20. The zero-order chi connectivity index (χ0) is 11.8. The van der Waals surface area contributed by atoms with Crippen LogP contribution in [-0.2, 0) is 0 Å². The molecular weight excluding hydrogens is 280 g/mol. The molecule has 1 N–H and O–H groups in total. The monoisotopic (exact) mass is 288 g/mol. The number of halogens is 1. The summed E-state index contributed by atoms with van der Waals surface area (Å²) in [6.45, 7) is 0. The lowest BCUT2D eigenvalue weighted by Gasteiger charge is -2.04. The summed E-state index contributed by atoms with van der Waals surface area (Å²) in [6, 6.07) is 11.1. The van der Waals surface area contributed by atoms with Gasteiger partial charge in [0.25, 0.3) is 0 Å². The summed E-state index contributed by atoms with van der Waals surface area (Å²) in [4.78, 5) is 0. The Labute approximate surface area is 106 Å². The van der Waals surface area contributed by atoms with Gasteiger partial charge in [-0.15, -0.1) is 0 Å². The second-order valence-corrected chi connectivity index (χ2v) is 4.64. The van der Waals surface area contributed by atoms with Gasteiger partial charge in [0.2, 0.25) is 0 Å². The van der Waals surface area contributed by atoms with Crippen LogP contribution in [0.3, 0.4) is 0 Å². The average Bonchev–Trinajstić information content (AvgIpc) is 2.78. The number of nitrogens with zero attached hydrogens (tertiary/aromatic N) is 2. The van der Waals surface area contributed by atoms with E-state index in [1.54, 1.807) is 18.3 Å². The third-order valence-electron chi connectivity index (χ3n) is 2.66. The number of hydrogen-bond acceptors (Lipinski definition) is 2. The summed E-state index contributed by atoms with van der Waals surface area (Å²) in [7, 11) is 0. The number of phenolic OH excluding ortho intramolecular Hbond substituents is 1. The number of rotatable bonds is 1. The maximum absolute atomic E-state index is 9.27. The Bertz CT molecular complexity index is 673. The average molecular weight is 289 g/mol. The van der Waals surface area contributed by atoms with Crippen molar-refractivity contribution in [3.63, 3.8) is 0 Å². The molecule has 0 bridgehead atoms. The van der Waals surface area contributed by atoms with E-state index in [2.05, 4.69) is 21.0 Å². The topological polar surface area (TPSA) is 37.5 Å². The van der Waals surface area contributed by atoms with Crippen LogP contribution >= 0.6 is 15.9 Å². The molecule has 4 heteroatoms. The molecule has 0 aliphatic heterocycles. The van der Waals surface area contributed by atoms with E-state index in [-0.39, 0.29) is 5.75 Å². The zero-order valence-electron chi connectivity index (χ0n) is 8.84. The van der Waals surface area contributed by atoms with E-state index in [4.69, 9.17) is 0 Å². The van der Waals surface area contributed by atoms with Gasteiger partial charge in [-0.1, -0.05) is 12.1 Å². The van der Waals surface area contributed by atoms with Crippen molar-refractivity contribution >= 4 is 21.4 Å². The Hall–Kier alpha value is -1.81. The number of hydrogen-bond donors (Lipinski definition) is 1. The van der Waals surface area contributed by atoms with Crippen molar-refractivity contribution in [2.75, 3.05) is 0 Å². The van der Waals surface area contributed by atoms with Crippen LogP contribution in [0.25, 0.3) is 16.6 Å². The van der Waals surface area contributed by atoms with E-state index >= 15 is 0 Å². The minimum Gasteiger partial charge on any atom is -0.508 e. The molecule has 2 heterocycles. The predicted octanol–water partition coefficient (Wildman–Crippen LogP) is 3.47. The van der Waals surface area contributed by atoms with Crippen molar-refractivity contribution < 1.29 is 5.11 Å². The molecule has 3 rings (SSSR count). The van der Waals surface area contributed by atoms with Gasteiger partial charge in [0.05, 0.1) is 11.7 Å². The highest BCUT2D eigenvalue weighted by Gasteiger charge is 2.04. The van der Waals surface area contributed by atoms with Gasteiger partial charge in [0.1, 0.15) is 5.75 Å². The molecule has 0 aliphatic rings. The van der Waals surface area contributed by atoms with E-state index in [1.807, 2.05) is 35.0 Å². The van der Waals surface area contributed by atoms with E-state index in [1.165, 1.54) is 0 Å². The molecule has 2 aromatic heterocycles. The molecule has 0 amide bonds. The van der Waals surface area contributed by atoms with Crippen molar-refractivity contribution in [3.8, 4) is 16.9 Å². The van der Waals surface area contributed by atoms with E-state index in [9.17, 15) is 5.11 Å². The van der Waals surface area contributed by atoms with E-state index in [0.717, 1.165) is 21.1 Å². The second kappa shape index (κ2) is 3.89. The van der Waals surface area contributed by atoms with Gasteiger partial charge < -0.3 is 5.11 Å². The van der Waals surface area contributed by atoms with Crippen LogP contribution in [0.1, 0.15) is 0 Å². The van der Waals surface area contributed by atoms with Crippen LogP contribution in [0.4, 0.5) is 0 Å². The molecule has 0 atom stereocenters. The van der Waals surface area contributed by atoms with Gasteiger partial charge in [-0.2, -0.15) is 5.10 Å². The first-order chi connectivity index (χ1) is 8.24. The van der Waals surface area contributed by atoms with Gasteiger partial charge in [-0.05, 0) is 45.8 Å². The smallest absolute Gasteiger partial charge is 0.115 e. The number of aromatic nitrogens is 2. The number of fused-ring (bicyclic) bond motifs is 1. The maximum atomic E-state index is 9.27. The summed E-state index contributed by atoms with van der Waals surface area (Å²) in [5.41, 5.74) is 3.13. The maximum Gasteiger partial charge on any atom is 0.115 e.